The fourth-order valence-corrected chi connectivity index (χ4v) is 4.19. The summed E-state index contributed by atoms with van der Waals surface area (Å²) in [7, 11) is 0. The number of ether oxygens (including phenoxy) is 1. The van der Waals surface area contributed by atoms with Gasteiger partial charge in [-0.1, -0.05) is 19.3 Å². The van der Waals surface area contributed by atoms with Gasteiger partial charge in [-0.05, 0) is 38.0 Å². The normalized spacial score (nSPS) is 35.4. The minimum Gasteiger partial charge on any atom is -0.377 e. The van der Waals surface area contributed by atoms with Crippen LogP contribution in [0.15, 0.2) is 0 Å². The molecule has 0 aromatic rings. The summed E-state index contributed by atoms with van der Waals surface area (Å²) in [6, 6.07) is 0.777. The van der Waals surface area contributed by atoms with E-state index < -0.39 is 0 Å². The molecule has 0 radical (unpaired) electrons. The van der Waals surface area contributed by atoms with Gasteiger partial charge in [-0.25, -0.2) is 0 Å². The van der Waals surface area contributed by atoms with Crippen molar-refractivity contribution in [1.29, 1.82) is 0 Å². The van der Waals surface area contributed by atoms with Crippen LogP contribution in [0.2, 0.25) is 0 Å². The van der Waals surface area contributed by atoms with Crippen LogP contribution in [0.1, 0.15) is 51.4 Å². The SMILES string of the molecule is C1CCC(C2CNCCN2CC2CCCCO2)CC1. The highest BCUT2D eigenvalue weighted by Gasteiger charge is 2.32. The second-order valence-electron chi connectivity index (χ2n) is 6.65. The highest BCUT2D eigenvalue weighted by Crippen LogP contribution is 2.30. The van der Waals surface area contributed by atoms with Crippen molar-refractivity contribution in [3.05, 3.63) is 0 Å². The van der Waals surface area contributed by atoms with Gasteiger partial charge < -0.3 is 10.1 Å². The molecule has 110 valence electrons. The largest absolute Gasteiger partial charge is 0.377 e. The van der Waals surface area contributed by atoms with E-state index in [1.807, 2.05) is 0 Å². The summed E-state index contributed by atoms with van der Waals surface area (Å²) in [6.45, 7) is 5.77. The van der Waals surface area contributed by atoms with Crippen LogP contribution in [-0.2, 0) is 4.74 Å². The van der Waals surface area contributed by atoms with Crippen molar-refractivity contribution in [2.45, 2.75) is 63.5 Å². The van der Waals surface area contributed by atoms with E-state index in [1.165, 1.54) is 71.0 Å². The van der Waals surface area contributed by atoms with E-state index in [-0.39, 0.29) is 0 Å². The summed E-state index contributed by atoms with van der Waals surface area (Å²) in [5.74, 6) is 0.935. The highest BCUT2D eigenvalue weighted by atomic mass is 16.5. The maximum atomic E-state index is 5.95. The number of nitrogens with one attached hydrogen (secondary N) is 1. The molecule has 0 aromatic heterocycles. The Morgan fingerprint density at radius 2 is 1.84 bits per heavy atom. The number of hydrogen-bond donors (Lipinski definition) is 1. The Morgan fingerprint density at radius 3 is 2.63 bits per heavy atom. The zero-order valence-corrected chi connectivity index (χ0v) is 12.3. The van der Waals surface area contributed by atoms with Gasteiger partial charge in [-0.15, -0.1) is 0 Å². The molecule has 2 aliphatic heterocycles. The molecule has 1 saturated carbocycles. The van der Waals surface area contributed by atoms with Gasteiger partial charge in [-0.2, -0.15) is 0 Å². The second kappa shape index (κ2) is 7.05. The first-order valence-electron chi connectivity index (χ1n) is 8.50. The molecule has 19 heavy (non-hydrogen) atoms. The summed E-state index contributed by atoms with van der Waals surface area (Å²) in [6.07, 6.45) is 11.7. The molecule has 2 heterocycles. The molecule has 3 nitrogen and oxygen atoms in total. The van der Waals surface area contributed by atoms with Crippen LogP contribution in [0.25, 0.3) is 0 Å². The van der Waals surface area contributed by atoms with Crippen LogP contribution in [0, 0.1) is 5.92 Å². The van der Waals surface area contributed by atoms with Gasteiger partial charge in [0.15, 0.2) is 0 Å². The molecule has 3 rings (SSSR count). The van der Waals surface area contributed by atoms with Crippen LogP contribution in [0.4, 0.5) is 0 Å². The first-order chi connectivity index (χ1) is 9.43. The molecule has 1 aliphatic carbocycles. The van der Waals surface area contributed by atoms with E-state index in [4.69, 9.17) is 4.74 Å². The van der Waals surface area contributed by atoms with Crippen molar-refractivity contribution in [1.82, 2.24) is 10.2 Å². The fourth-order valence-electron chi connectivity index (χ4n) is 4.19. The second-order valence-corrected chi connectivity index (χ2v) is 6.65. The van der Waals surface area contributed by atoms with E-state index in [9.17, 15) is 0 Å². The van der Waals surface area contributed by atoms with E-state index >= 15 is 0 Å². The zero-order chi connectivity index (χ0) is 12.9. The summed E-state index contributed by atoms with van der Waals surface area (Å²) in [5, 5.41) is 3.62. The van der Waals surface area contributed by atoms with E-state index in [2.05, 4.69) is 10.2 Å². The van der Waals surface area contributed by atoms with Gasteiger partial charge in [0.1, 0.15) is 0 Å². The van der Waals surface area contributed by atoms with Gasteiger partial charge in [0, 0.05) is 38.8 Å². The summed E-state index contributed by atoms with van der Waals surface area (Å²) < 4.78 is 5.95. The Bertz CT molecular complexity index is 259. The lowest BCUT2D eigenvalue weighted by Crippen LogP contribution is -2.56. The summed E-state index contributed by atoms with van der Waals surface area (Å²) in [4.78, 5) is 2.75. The van der Waals surface area contributed by atoms with Crippen molar-refractivity contribution < 1.29 is 4.74 Å². The molecular formula is C16H30N2O. The Morgan fingerprint density at radius 1 is 1.00 bits per heavy atom. The smallest absolute Gasteiger partial charge is 0.0702 e. The third-order valence-corrected chi connectivity index (χ3v) is 5.30. The molecule has 1 N–H and O–H groups in total. The lowest BCUT2D eigenvalue weighted by Gasteiger charge is -2.43. The third-order valence-electron chi connectivity index (χ3n) is 5.30. The monoisotopic (exact) mass is 266 g/mol. The number of rotatable bonds is 3. The van der Waals surface area contributed by atoms with Crippen molar-refractivity contribution in [2.24, 2.45) is 5.92 Å². The minimum atomic E-state index is 0.512. The molecule has 3 heteroatoms. The number of nitrogens with zero attached hydrogens (tertiary/aromatic N) is 1. The molecule has 2 atom stereocenters. The molecule has 0 bridgehead atoms. The molecule has 3 fully saturated rings. The van der Waals surface area contributed by atoms with Crippen molar-refractivity contribution >= 4 is 0 Å². The first kappa shape index (κ1) is 13.8. The molecule has 3 aliphatic rings. The summed E-state index contributed by atoms with van der Waals surface area (Å²) >= 11 is 0. The van der Waals surface area contributed by atoms with Crippen LogP contribution < -0.4 is 5.32 Å². The van der Waals surface area contributed by atoms with Gasteiger partial charge in [0.25, 0.3) is 0 Å². The lowest BCUT2D eigenvalue weighted by atomic mass is 9.82. The van der Waals surface area contributed by atoms with Crippen molar-refractivity contribution in [2.75, 3.05) is 32.8 Å². The molecule has 0 aromatic carbocycles. The fraction of sp³-hybridized carbons (Fsp3) is 1.00. The predicted molar refractivity (Wildman–Crippen MR) is 78.4 cm³/mol. The molecule has 2 saturated heterocycles. The van der Waals surface area contributed by atoms with Gasteiger partial charge >= 0.3 is 0 Å². The van der Waals surface area contributed by atoms with E-state index in [1.54, 1.807) is 0 Å². The number of hydrogen-bond acceptors (Lipinski definition) is 3. The van der Waals surface area contributed by atoms with Gasteiger partial charge in [0.05, 0.1) is 6.10 Å². The predicted octanol–water partition coefficient (Wildman–Crippen LogP) is 2.41. The van der Waals surface area contributed by atoms with Crippen LogP contribution in [-0.4, -0.2) is 49.8 Å². The molecule has 0 amide bonds. The quantitative estimate of drug-likeness (QED) is 0.849. The highest BCUT2D eigenvalue weighted by molar-refractivity contribution is 4.88. The third kappa shape index (κ3) is 3.71. The average molecular weight is 266 g/mol. The topological polar surface area (TPSA) is 24.5 Å². The zero-order valence-electron chi connectivity index (χ0n) is 12.3. The first-order valence-corrected chi connectivity index (χ1v) is 8.50. The van der Waals surface area contributed by atoms with Crippen molar-refractivity contribution in [3.8, 4) is 0 Å². The lowest BCUT2D eigenvalue weighted by molar-refractivity contribution is -0.0263. The summed E-state index contributed by atoms with van der Waals surface area (Å²) in [5.41, 5.74) is 0. The maximum absolute atomic E-state index is 5.95. The number of piperazine rings is 1. The Hall–Kier alpha value is -0.120. The standard InChI is InChI=1S/C16H30N2O/c1-2-6-14(7-3-1)16-12-17-9-10-18(16)13-15-8-4-5-11-19-15/h14-17H,1-13H2. The average Bonchev–Trinajstić information content (AvgIpc) is 2.50. The van der Waals surface area contributed by atoms with Gasteiger partial charge in [0.2, 0.25) is 0 Å². The Kier molecular flexibility index (Phi) is 5.14. The van der Waals surface area contributed by atoms with Gasteiger partial charge in [-0.3, -0.25) is 4.90 Å². The van der Waals surface area contributed by atoms with Crippen LogP contribution in [0.3, 0.4) is 0 Å². The molecular weight excluding hydrogens is 236 g/mol. The Balaban J connectivity index is 1.56. The maximum Gasteiger partial charge on any atom is 0.0702 e. The van der Waals surface area contributed by atoms with Crippen LogP contribution in [0.5, 0.6) is 0 Å². The Labute approximate surface area is 118 Å². The van der Waals surface area contributed by atoms with E-state index in [0.29, 0.717) is 6.10 Å². The molecule has 2 unspecified atom stereocenters. The minimum absolute atomic E-state index is 0.512. The van der Waals surface area contributed by atoms with Crippen molar-refractivity contribution in [3.63, 3.8) is 0 Å². The molecule has 0 spiro atoms. The van der Waals surface area contributed by atoms with Crippen LogP contribution >= 0.6 is 0 Å². The van der Waals surface area contributed by atoms with E-state index in [0.717, 1.165) is 25.1 Å².